The molecule has 0 bridgehead atoms. The predicted octanol–water partition coefficient (Wildman–Crippen LogP) is 1.86. The summed E-state index contributed by atoms with van der Waals surface area (Å²) in [5, 5.41) is 13.0. The van der Waals surface area contributed by atoms with Crippen molar-refractivity contribution in [2.24, 2.45) is 0 Å². The molecule has 0 aliphatic carbocycles. The van der Waals surface area contributed by atoms with Gasteiger partial charge in [-0.25, -0.2) is 4.39 Å². The van der Waals surface area contributed by atoms with Crippen molar-refractivity contribution in [1.82, 2.24) is 10.3 Å². The van der Waals surface area contributed by atoms with Crippen LogP contribution in [-0.2, 0) is 5.60 Å². The summed E-state index contributed by atoms with van der Waals surface area (Å²) in [6, 6.07) is 8.70. The van der Waals surface area contributed by atoms with E-state index in [1.165, 1.54) is 36.7 Å². The van der Waals surface area contributed by atoms with Gasteiger partial charge in [-0.3, -0.25) is 9.78 Å². The number of nitrogens with zero attached hydrogens (tertiary/aromatic N) is 1. The third kappa shape index (κ3) is 3.39. The molecule has 104 valence electrons. The highest BCUT2D eigenvalue weighted by atomic mass is 19.1. The normalized spacial score (nSPS) is 13.6. The lowest BCUT2D eigenvalue weighted by Gasteiger charge is -2.24. The Labute approximate surface area is 116 Å². The zero-order chi connectivity index (χ0) is 14.6. The third-order valence-corrected chi connectivity index (χ3v) is 3.00. The van der Waals surface area contributed by atoms with Crippen LogP contribution >= 0.6 is 0 Å². The first-order chi connectivity index (χ1) is 9.49. The van der Waals surface area contributed by atoms with Gasteiger partial charge in [0, 0.05) is 18.0 Å². The minimum absolute atomic E-state index is 0.0276. The molecule has 0 aliphatic heterocycles. The molecule has 1 heterocycles. The van der Waals surface area contributed by atoms with E-state index in [0.29, 0.717) is 11.1 Å². The number of pyridine rings is 1. The summed E-state index contributed by atoms with van der Waals surface area (Å²) in [6.45, 7) is 1.59. The molecule has 2 rings (SSSR count). The van der Waals surface area contributed by atoms with Crippen molar-refractivity contribution in [2.75, 3.05) is 6.54 Å². The Hall–Kier alpha value is -2.27. The molecular formula is C15H15FN2O2. The van der Waals surface area contributed by atoms with E-state index in [2.05, 4.69) is 10.3 Å². The molecule has 5 heteroatoms. The summed E-state index contributed by atoms with van der Waals surface area (Å²) in [6.07, 6.45) is 3.04. The number of carbonyl (C=O) groups is 1. The smallest absolute Gasteiger partial charge is 0.251 e. The topological polar surface area (TPSA) is 62.2 Å². The molecular weight excluding hydrogens is 259 g/mol. The predicted molar refractivity (Wildman–Crippen MR) is 72.5 cm³/mol. The summed E-state index contributed by atoms with van der Waals surface area (Å²) in [4.78, 5) is 15.7. The van der Waals surface area contributed by atoms with E-state index in [1.807, 2.05) is 0 Å². The maximum Gasteiger partial charge on any atom is 0.251 e. The minimum Gasteiger partial charge on any atom is -0.384 e. The zero-order valence-electron chi connectivity index (χ0n) is 11.0. The number of halogens is 1. The van der Waals surface area contributed by atoms with Gasteiger partial charge < -0.3 is 10.4 Å². The summed E-state index contributed by atoms with van der Waals surface area (Å²) in [5.41, 5.74) is -0.264. The molecule has 0 radical (unpaired) electrons. The zero-order valence-corrected chi connectivity index (χ0v) is 11.0. The lowest BCUT2D eigenvalue weighted by molar-refractivity contribution is 0.0526. The Morgan fingerprint density at radius 2 is 1.85 bits per heavy atom. The highest BCUT2D eigenvalue weighted by Crippen LogP contribution is 2.20. The molecule has 1 aromatic heterocycles. The van der Waals surface area contributed by atoms with Crippen molar-refractivity contribution in [1.29, 1.82) is 0 Å². The van der Waals surface area contributed by atoms with Gasteiger partial charge in [0.2, 0.25) is 0 Å². The van der Waals surface area contributed by atoms with Crippen molar-refractivity contribution in [2.45, 2.75) is 12.5 Å². The van der Waals surface area contributed by atoms with Crippen LogP contribution in [-0.4, -0.2) is 22.5 Å². The lowest BCUT2D eigenvalue weighted by Crippen LogP contribution is -2.38. The van der Waals surface area contributed by atoms with Crippen LogP contribution in [0.25, 0.3) is 0 Å². The fourth-order valence-corrected chi connectivity index (χ4v) is 1.77. The molecule has 1 amide bonds. The number of benzene rings is 1. The van der Waals surface area contributed by atoms with Gasteiger partial charge in [-0.05, 0) is 36.8 Å². The monoisotopic (exact) mass is 274 g/mol. The van der Waals surface area contributed by atoms with E-state index in [0.717, 1.165) is 0 Å². The van der Waals surface area contributed by atoms with Crippen molar-refractivity contribution < 1.29 is 14.3 Å². The second kappa shape index (κ2) is 5.79. The number of aromatic nitrogens is 1. The number of carbonyl (C=O) groups excluding carboxylic acids is 1. The van der Waals surface area contributed by atoms with Crippen LogP contribution in [0.5, 0.6) is 0 Å². The quantitative estimate of drug-likeness (QED) is 0.894. The lowest BCUT2D eigenvalue weighted by atomic mass is 9.96. The van der Waals surface area contributed by atoms with Crippen molar-refractivity contribution in [3.8, 4) is 0 Å². The van der Waals surface area contributed by atoms with Crippen LogP contribution in [0.3, 0.4) is 0 Å². The molecule has 0 spiro atoms. The van der Waals surface area contributed by atoms with Gasteiger partial charge in [0.1, 0.15) is 11.4 Å². The first-order valence-corrected chi connectivity index (χ1v) is 6.16. The van der Waals surface area contributed by atoms with Crippen LogP contribution in [0, 0.1) is 5.82 Å². The van der Waals surface area contributed by atoms with Crippen molar-refractivity contribution in [3.05, 3.63) is 65.7 Å². The van der Waals surface area contributed by atoms with Crippen LogP contribution in [0.1, 0.15) is 22.8 Å². The first-order valence-electron chi connectivity index (χ1n) is 6.16. The second-order valence-corrected chi connectivity index (χ2v) is 4.70. The maximum atomic E-state index is 12.9. The fraction of sp³-hybridized carbons (Fsp3) is 0.200. The SMILES string of the molecule is CC(O)(CNC(=O)c1ccncc1)c1ccc(F)cc1. The second-order valence-electron chi connectivity index (χ2n) is 4.70. The standard InChI is InChI=1S/C15H15FN2O2/c1-15(20,12-2-4-13(16)5-3-12)10-18-14(19)11-6-8-17-9-7-11/h2-9,20H,10H2,1H3,(H,18,19). The molecule has 0 saturated carbocycles. The highest BCUT2D eigenvalue weighted by molar-refractivity contribution is 5.94. The maximum absolute atomic E-state index is 12.9. The number of hydrogen-bond acceptors (Lipinski definition) is 3. The number of hydrogen-bond donors (Lipinski definition) is 2. The van der Waals surface area contributed by atoms with E-state index < -0.39 is 5.60 Å². The molecule has 2 N–H and O–H groups in total. The van der Waals surface area contributed by atoms with E-state index in [-0.39, 0.29) is 18.3 Å². The Balaban J connectivity index is 2.02. The number of aliphatic hydroxyl groups is 1. The van der Waals surface area contributed by atoms with E-state index in [9.17, 15) is 14.3 Å². The van der Waals surface area contributed by atoms with Gasteiger partial charge >= 0.3 is 0 Å². The minimum atomic E-state index is -1.27. The molecule has 0 aliphatic rings. The van der Waals surface area contributed by atoms with Crippen LogP contribution in [0.15, 0.2) is 48.8 Å². The molecule has 1 aromatic carbocycles. The van der Waals surface area contributed by atoms with Gasteiger partial charge in [0.05, 0.1) is 6.54 Å². The number of nitrogens with one attached hydrogen (secondary N) is 1. The number of amides is 1. The largest absolute Gasteiger partial charge is 0.384 e. The molecule has 0 saturated heterocycles. The van der Waals surface area contributed by atoms with Crippen LogP contribution < -0.4 is 5.32 Å². The summed E-state index contributed by atoms with van der Waals surface area (Å²) in [7, 11) is 0. The Morgan fingerprint density at radius 3 is 2.45 bits per heavy atom. The molecule has 0 fully saturated rings. The van der Waals surface area contributed by atoms with Crippen molar-refractivity contribution >= 4 is 5.91 Å². The Kier molecular flexibility index (Phi) is 4.10. The average molecular weight is 274 g/mol. The molecule has 20 heavy (non-hydrogen) atoms. The summed E-state index contributed by atoms with van der Waals surface area (Å²) in [5.74, 6) is -0.667. The Bertz CT molecular complexity index is 583. The molecule has 2 aromatic rings. The Morgan fingerprint density at radius 1 is 1.25 bits per heavy atom. The molecule has 1 atom stereocenters. The molecule has 4 nitrogen and oxygen atoms in total. The third-order valence-electron chi connectivity index (χ3n) is 3.00. The average Bonchev–Trinajstić information content (AvgIpc) is 2.46. The van der Waals surface area contributed by atoms with E-state index in [4.69, 9.17) is 0 Å². The molecule has 1 unspecified atom stereocenters. The number of rotatable bonds is 4. The highest BCUT2D eigenvalue weighted by Gasteiger charge is 2.24. The van der Waals surface area contributed by atoms with Gasteiger partial charge in [-0.2, -0.15) is 0 Å². The van der Waals surface area contributed by atoms with E-state index in [1.54, 1.807) is 19.1 Å². The van der Waals surface area contributed by atoms with Crippen molar-refractivity contribution in [3.63, 3.8) is 0 Å². The fourth-order valence-electron chi connectivity index (χ4n) is 1.77. The summed E-state index contributed by atoms with van der Waals surface area (Å²) >= 11 is 0. The first kappa shape index (κ1) is 14.1. The van der Waals surface area contributed by atoms with Crippen LogP contribution in [0.2, 0.25) is 0 Å². The van der Waals surface area contributed by atoms with Gasteiger partial charge in [-0.1, -0.05) is 12.1 Å². The van der Waals surface area contributed by atoms with Gasteiger partial charge in [-0.15, -0.1) is 0 Å². The van der Waals surface area contributed by atoms with E-state index >= 15 is 0 Å². The van der Waals surface area contributed by atoms with Gasteiger partial charge in [0.15, 0.2) is 0 Å². The van der Waals surface area contributed by atoms with Crippen LogP contribution in [0.4, 0.5) is 4.39 Å². The summed E-state index contributed by atoms with van der Waals surface area (Å²) < 4.78 is 12.9. The van der Waals surface area contributed by atoms with Gasteiger partial charge in [0.25, 0.3) is 5.91 Å².